The van der Waals surface area contributed by atoms with Gasteiger partial charge in [-0.2, -0.15) is 0 Å². The maximum absolute atomic E-state index is 6.42. The van der Waals surface area contributed by atoms with Crippen LogP contribution in [0.1, 0.15) is 39.5 Å². The van der Waals surface area contributed by atoms with Gasteiger partial charge in [0.2, 0.25) is 0 Å². The fraction of sp³-hybridized carbons (Fsp3) is 1.00. The summed E-state index contributed by atoms with van der Waals surface area (Å²) in [6, 6.07) is 0.375. The summed E-state index contributed by atoms with van der Waals surface area (Å²) in [6.07, 6.45) is 5.24. The van der Waals surface area contributed by atoms with E-state index < -0.39 is 0 Å². The number of rotatable bonds is 4. The molecule has 2 N–H and O–H groups in total. The van der Waals surface area contributed by atoms with E-state index in [9.17, 15) is 0 Å². The van der Waals surface area contributed by atoms with E-state index in [0.29, 0.717) is 17.4 Å². The summed E-state index contributed by atoms with van der Waals surface area (Å²) in [5.74, 6) is 1.43. The Bertz CT molecular complexity index is 265. The highest BCUT2D eigenvalue weighted by Crippen LogP contribution is 2.40. The van der Waals surface area contributed by atoms with Crippen molar-refractivity contribution in [1.82, 2.24) is 4.90 Å². The number of nitrogens with two attached hydrogens (primary N) is 1. The van der Waals surface area contributed by atoms with Crippen molar-refractivity contribution in [2.45, 2.75) is 45.6 Å². The molecule has 3 unspecified atom stereocenters. The quantitative estimate of drug-likeness (QED) is 0.835. The molecular weight excluding hydrogens is 224 g/mol. The number of likely N-dealkylation sites (tertiary alicyclic amines) is 1. The lowest BCUT2D eigenvalue weighted by molar-refractivity contribution is 0.0800. The van der Waals surface area contributed by atoms with E-state index in [4.69, 9.17) is 10.5 Å². The summed E-state index contributed by atoms with van der Waals surface area (Å²) in [5.41, 5.74) is 6.76. The van der Waals surface area contributed by atoms with Crippen LogP contribution >= 0.6 is 0 Å². The molecule has 0 spiro atoms. The highest BCUT2D eigenvalue weighted by atomic mass is 16.5. The summed E-state index contributed by atoms with van der Waals surface area (Å²) in [4.78, 5) is 2.62. The molecule has 18 heavy (non-hydrogen) atoms. The van der Waals surface area contributed by atoms with Crippen LogP contribution in [0.4, 0.5) is 0 Å². The minimum absolute atomic E-state index is 0.340. The average Bonchev–Trinajstić information content (AvgIpc) is 2.57. The molecule has 106 valence electrons. The zero-order chi connectivity index (χ0) is 13.2. The van der Waals surface area contributed by atoms with Crippen molar-refractivity contribution < 1.29 is 4.74 Å². The van der Waals surface area contributed by atoms with Crippen LogP contribution in [0.3, 0.4) is 0 Å². The van der Waals surface area contributed by atoms with Crippen molar-refractivity contribution in [3.05, 3.63) is 0 Å². The molecule has 0 bridgehead atoms. The van der Waals surface area contributed by atoms with Crippen LogP contribution in [0.5, 0.6) is 0 Å². The van der Waals surface area contributed by atoms with Crippen LogP contribution in [0.2, 0.25) is 0 Å². The molecule has 1 saturated heterocycles. The molecule has 3 nitrogen and oxygen atoms in total. The Morgan fingerprint density at radius 3 is 2.72 bits per heavy atom. The van der Waals surface area contributed by atoms with Gasteiger partial charge < -0.3 is 15.4 Å². The van der Waals surface area contributed by atoms with E-state index in [0.717, 1.165) is 12.5 Å². The lowest BCUT2D eigenvalue weighted by atomic mass is 9.85. The van der Waals surface area contributed by atoms with Crippen LogP contribution in [-0.4, -0.2) is 44.3 Å². The summed E-state index contributed by atoms with van der Waals surface area (Å²) >= 11 is 0. The Morgan fingerprint density at radius 2 is 2.11 bits per heavy atom. The zero-order valence-corrected chi connectivity index (χ0v) is 12.3. The summed E-state index contributed by atoms with van der Waals surface area (Å²) < 4.78 is 5.30. The van der Waals surface area contributed by atoms with Gasteiger partial charge in [0.05, 0.1) is 6.61 Å². The average molecular weight is 254 g/mol. The molecule has 0 aromatic carbocycles. The smallest absolute Gasteiger partial charge is 0.0502 e. The fourth-order valence-corrected chi connectivity index (χ4v) is 3.77. The second-order valence-electron chi connectivity index (χ2n) is 7.04. The first-order valence-corrected chi connectivity index (χ1v) is 7.50. The Labute approximate surface area is 112 Å². The highest BCUT2D eigenvalue weighted by molar-refractivity contribution is 4.95. The SMILES string of the molecule is COCC1CCCN(CC2CCC(C)(C)C2N)C1. The predicted octanol–water partition coefficient (Wildman–Crippen LogP) is 2.11. The molecular formula is C15H30N2O. The lowest BCUT2D eigenvalue weighted by Crippen LogP contribution is -2.45. The molecule has 0 amide bonds. The van der Waals surface area contributed by atoms with E-state index in [1.165, 1.54) is 45.3 Å². The Hall–Kier alpha value is -0.120. The molecule has 1 aliphatic heterocycles. The first kappa shape index (κ1) is 14.3. The second kappa shape index (κ2) is 5.89. The number of nitrogens with zero attached hydrogens (tertiary/aromatic N) is 1. The Kier molecular flexibility index (Phi) is 4.68. The van der Waals surface area contributed by atoms with Gasteiger partial charge >= 0.3 is 0 Å². The van der Waals surface area contributed by atoms with Gasteiger partial charge in [-0.15, -0.1) is 0 Å². The third-order valence-electron chi connectivity index (χ3n) is 5.07. The minimum Gasteiger partial charge on any atom is -0.384 e. The van der Waals surface area contributed by atoms with Gasteiger partial charge in [-0.25, -0.2) is 0 Å². The monoisotopic (exact) mass is 254 g/mol. The number of ether oxygens (including phenoxy) is 1. The molecule has 2 fully saturated rings. The van der Waals surface area contributed by atoms with Crippen molar-refractivity contribution in [3.63, 3.8) is 0 Å². The standard InChI is InChI=1S/C15H30N2O/c1-15(2)7-6-13(14(15)16)10-17-8-4-5-12(9-17)11-18-3/h12-14H,4-11,16H2,1-3H3. The van der Waals surface area contributed by atoms with Crippen molar-refractivity contribution in [2.24, 2.45) is 23.0 Å². The van der Waals surface area contributed by atoms with Gasteiger partial charge in [0.25, 0.3) is 0 Å². The maximum Gasteiger partial charge on any atom is 0.0502 e. The van der Waals surface area contributed by atoms with Gasteiger partial charge in [-0.05, 0) is 49.5 Å². The van der Waals surface area contributed by atoms with Crippen LogP contribution in [0.15, 0.2) is 0 Å². The van der Waals surface area contributed by atoms with E-state index >= 15 is 0 Å². The summed E-state index contributed by atoms with van der Waals surface area (Å²) in [7, 11) is 1.81. The van der Waals surface area contributed by atoms with Gasteiger partial charge in [0, 0.05) is 26.2 Å². The highest BCUT2D eigenvalue weighted by Gasteiger charge is 2.40. The number of methoxy groups -OCH3 is 1. The Balaban J connectivity index is 1.83. The molecule has 3 heteroatoms. The van der Waals surface area contributed by atoms with Crippen molar-refractivity contribution in [2.75, 3.05) is 33.4 Å². The maximum atomic E-state index is 6.42. The molecule has 1 saturated carbocycles. The number of piperidine rings is 1. The van der Waals surface area contributed by atoms with Crippen molar-refractivity contribution >= 4 is 0 Å². The van der Waals surface area contributed by atoms with Crippen molar-refractivity contribution in [1.29, 1.82) is 0 Å². The molecule has 3 atom stereocenters. The van der Waals surface area contributed by atoms with E-state index in [1.807, 2.05) is 7.11 Å². The van der Waals surface area contributed by atoms with Gasteiger partial charge in [0.15, 0.2) is 0 Å². The predicted molar refractivity (Wildman–Crippen MR) is 75.5 cm³/mol. The van der Waals surface area contributed by atoms with Crippen LogP contribution in [-0.2, 0) is 4.74 Å². The molecule has 0 aromatic heterocycles. The summed E-state index contributed by atoms with van der Waals surface area (Å²) in [5, 5.41) is 0. The van der Waals surface area contributed by atoms with Gasteiger partial charge in [0.1, 0.15) is 0 Å². The third kappa shape index (κ3) is 3.25. The van der Waals surface area contributed by atoms with Gasteiger partial charge in [-0.1, -0.05) is 13.8 Å². The number of hydrogen-bond donors (Lipinski definition) is 1. The largest absolute Gasteiger partial charge is 0.384 e. The minimum atomic E-state index is 0.340. The molecule has 1 heterocycles. The number of hydrogen-bond acceptors (Lipinski definition) is 3. The molecule has 0 aromatic rings. The van der Waals surface area contributed by atoms with E-state index in [1.54, 1.807) is 0 Å². The first-order chi connectivity index (χ1) is 8.53. The summed E-state index contributed by atoms with van der Waals surface area (Å²) in [6.45, 7) is 9.22. The van der Waals surface area contributed by atoms with Crippen LogP contribution in [0, 0.1) is 17.3 Å². The second-order valence-corrected chi connectivity index (χ2v) is 7.04. The topological polar surface area (TPSA) is 38.5 Å². The van der Waals surface area contributed by atoms with Crippen LogP contribution < -0.4 is 5.73 Å². The van der Waals surface area contributed by atoms with E-state index in [-0.39, 0.29) is 0 Å². The van der Waals surface area contributed by atoms with E-state index in [2.05, 4.69) is 18.7 Å². The zero-order valence-electron chi connectivity index (χ0n) is 12.3. The molecule has 2 rings (SSSR count). The van der Waals surface area contributed by atoms with Gasteiger partial charge in [-0.3, -0.25) is 0 Å². The fourth-order valence-electron chi connectivity index (χ4n) is 3.77. The van der Waals surface area contributed by atoms with Crippen molar-refractivity contribution in [3.8, 4) is 0 Å². The normalized spacial score (nSPS) is 37.0. The molecule has 0 radical (unpaired) electrons. The van der Waals surface area contributed by atoms with Crippen LogP contribution in [0.25, 0.3) is 0 Å². The Morgan fingerprint density at radius 1 is 1.33 bits per heavy atom. The first-order valence-electron chi connectivity index (χ1n) is 7.50. The third-order valence-corrected chi connectivity index (χ3v) is 5.07. The molecule has 1 aliphatic carbocycles. The molecule has 2 aliphatic rings. The lowest BCUT2D eigenvalue weighted by Gasteiger charge is -2.36.